The van der Waals surface area contributed by atoms with Gasteiger partial charge in [0.15, 0.2) is 0 Å². The highest BCUT2D eigenvalue weighted by Gasteiger charge is 2.06. The lowest BCUT2D eigenvalue weighted by molar-refractivity contribution is 0.0923. The van der Waals surface area contributed by atoms with E-state index in [2.05, 4.69) is 28.7 Å². The second-order valence-corrected chi connectivity index (χ2v) is 9.90. The van der Waals surface area contributed by atoms with Gasteiger partial charge in [0.1, 0.15) is 18.7 Å². The normalized spacial score (nSPS) is 12.1. The third kappa shape index (κ3) is 4.80. The highest BCUT2D eigenvalue weighted by Crippen LogP contribution is 2.33. The summed E-state index contributed by atoms with van der Waals surface area (Å²) in [6.45, 7) is 7.37. The van der Waals surface area contributed by atoms with Crippen molar-refractivity contribution in [3.05, 3.63) is 24.3 Å². The molecule has 2 rings (SSSR count). The predicted octanol–water partition coefficient (Wildman–Crippen LogP) is 3.43. The third-order valence-corrected chi connectivity index (χ3v) is 4.22. The second-order valence-electron chi connectivity index (χ2n) is 5.31. The quantitative estimate of drug-likeness (QED) is 0.794. The number of ether oxygens (including phenoxy) is 1. The number of rotatable bonds is 5. The van der Waals surface area contributed by atoms with Crippen LogP contribution in [0.25, 0.3) is 11.0 Å². The maximum Gasteiger partial charge on any atom is 0.145 e. The van der Waals surface area contributed by atoms with Gasteiger partial charge in [-0.2, -0.15) is 0 Å². The Kier molecular flexibility index (Phi) is 6.49. The Labute approximate surface area is 123 Å². The third-order valence-electron chi connectivity index (χ3n) is 2.83. The van der Waals surface area contributed by atoms with Crippen molar-refractivity contribution in [3.63, 3.8) is 0 Å². The van der Waals surface area contributed by atoms with Gasteiger partial charge in [0, 0.05) is 17.3 Å². The first-order chi connectivity index (χ1) is 9.47. The number of hydrogen-bond acceptors (Lipinski definition) is 3. The minimum Gasteiger partial charge on any atom is -0.360 e. The molecule has 0 amide bonds. The zero-order valence-corrected chi connectivity index (χ0v) is 14.3. The van der Waals surface area contributed by atoms with Gasteiger partial charge in [0.2, 0.25) is 0 Å². The molecule has 2 aromatic heterocycles. The van der Waals surface area contributed by atoms with E-state index in [1.807, 2.05) is 37.6 Å². The lowest BCUT2D eigenvalue weighted by Crippen LogP contribution is -2.09. The lowest BCUT2D eigenvalue weighted by Gasteiger charge is -2.24. The molecular weight excluding hydrogens is 270 g/mol. The van der Waals surface area contributed by atoms with Gasteiger partial charge in [0.05, 0.1) is 12.3 Å². The van der Waals surface area contributed by atoms with Gasteiger partial charge in [-0.1, -0.05) is 13.8 Å². The Bertz CT molecular complexity index is 531. The molecule has 0 saturated carbocycles. The van der Waals surface area contributed by atoms with Crippen molar-refractivity contribution in [1.82, 2.24) is 14.5 Å². The molecule has 0 atom stereocenters. The summed E-state index contributed by atoms with van der Waals surface area (Å²) in [5.74, 6) is 1.14. The van der Waals surface area contributed by atoms with Crippen molar-refractivity contribution in [2.45, 2.75) is 27.5 Å². The van der Waals surface area contributed by atoms with Gasteiger partial charge < -0.3 is 9.30 Å². The van der Waals surface area contributed by atoms with E-state index >= 15 is 0 Å². The SMILES string of the molecule is CC.Cc1ncnc2c1ccn2COCCS(C)(C)C. The van der Waals surface area contributed by atoms with E-state index in [9.17, 15) is 0 Å². The number of aromatic nitrogens is 3. The van der Waals surface area contributed by atoms with Crippen LogP contribution in [0.4, 0.5) is 0 Å². The molecule has 2 heterocycles. The van der Waals surface area contributed by atoms with Crippen LogP contribution in [-0.4, -0.2) is 45.7 Å². The molecule has 0 fully saturated rings. The first kappa shape index (κ1) is 17.0. The first-order valence-corrected chi connectivity index (χ1v) is 10.0. The van der Waals surface area contributed by atoms with E-state index in [0.29, 0.717) is 6.73 Å². The summed E-state index contributed by atoms with van der Waals surface area (Å²) < 4.78 is 7.76. The Morgan fingerprint density at radius 1 is 1.20 bits per heavy atom. The zero-order valence-electron chi connectivity index (χ0n) is 13.5. The van der Waals surface area contributed by atoms with Crippen LogP contribution in [0.1, 0.15) is 19.5 Å². The standard InChI is InChI=1S/C13H21N3OS.C2H6/c1-11-12-5-6-16(13(12)15-9-14-11)10-17-7-8-18(2,3)4;1-2/h5-6,9H,7-8,10H2,1-4H3;1-2H3. The van der Waals surface area contributed by atoms with E-state index in [0.717, 1.165) is 29.1 Å². The Balaban J connectivity index is 0.000000956. The van der Waals surface area contributed by atoms with Crippen LogP contribution < -0.4 is 0 Å². The number of fused-ring (bicyclic) bond motifs is 1. The molecule has 0 aliphatic carbocycles. The Morgan fingerprint density at radius 3 is 2.55 bits per heavy atom. The van der Waals surface area contributed by atoms with Gasteiger partial charge in [-0.05, 0) is 31.8 Å². The number of hydrogen-bond donors (Lipinski definition) is 0. The van der Waals surface area contributed by atoms with Crippen molar-refractivity contribution in [1.29, 1.82) is 0 Å². The van der Waals surface area contributed by atoms with E-state index in [-0.39, 0.29) is 0 Å². The molecule has 0 saturated heterocycles. The molecule has 114 valence electrons. The lowest BCUT2D eigenvalue weighted by atomic mass is 10.3. The smallest absolute Gasteiger partial charge is 0.145 e. The van der Waals surface area contributed by atoms with Crippen molar-refractivity contribution >= 4 is 21.1 Å². The molecular formula is C15H27N3OS. The molecule has 0 unspecified atom stereocenters. The van der Waals surface area contributed by atoms with Gasteiger partial charge in [-0.25, -0.2) is 20.0 Å². The van der Waals surface area contributed by atoms with Crippen LogP contribution in [-0.2, 0) is 11.5 Å². The Hall–Kier alpha value is -1.07. The predicted molar refractivity (Wildman–Crippen MR) is 89.8 cm³/mol. The first-order valence-electron chi connectivity index (χ1n) is 6.97. The fourth-order valence-corrected chi connectivity index (χ4v) is 2.32. The largest absolute Gasteiger partial charge is 0.360 e. The highest BCUT2D eigenvalue weighted by molar-refractivity contribution is 8.32. The van der Waals surface area contributed by atoms with Gasteiger partial charge >= 0.3 is 0 Å². The second kappa shape index (κ2) is 7.64. The summed E-state index contributed by atoms with van der Waals surface area (Å²) in [6.07, 6.45) is 10.5. The summed E-state index contributed by atoms with van der Waals surface area (Å²) in [5, 5.41) is 1.10. The molecule has 0 spiro atoms. The van der Waals surface area contributed by atoms with E-state index in [1.54, 1.807) is 6.33 Å². The molecule has 4 nitrogen and oxygen atoms in total. The molecule has 5 heteroatoms. The van der Waals surface area contributed by atoms with Crippen LogP contribution in [0.5, 0.6) is 0 Å². The van der Waals surface area contributed by atoms with Crippen molar-refractivity contribution in [2.75, 3.05) is 31.1 Å². The molecule has 0 aromatic carbocycles. The fraction of sp³-hybridized carbons (Fsp3) is 0.600. The van der Waals surface area contributed by atoms with Crippen molar-refractivity contribution < 1.29 is 4.74 Å². The minimum atomic E-state index is -0.474. The average molecular weight is 297 g/mol. The van der Waals surface area contributed by atoms with Crippen LogP contribution in [0, 0.1) is 6.92 Å². The average Bonchev–Trinajstić information content (AvgIpc) is 2.81. The minimum absolute atomic E-state index is 0.474. The van der Waals surface area contributed by atoms with Gasteiger partial charge in [-0.15, -0.1) is 0 Å². The van der Waals surface area contributed by atoms with Gasteiger partial charge in [0.25, 0.3) is 0 Å². The molecule has 0 aliphatic rings. The number of aryl methyl sites for hydroxylation is 1. The number of nitrogens with zero attached hydrogens (tertiary/aromatic N) is 3. The maximum absolute atomic E-state index is 5.73. The highest BCUT2D eigenvalue weighted by atomic mass is 32.3. The molecule has 20 heavy (non-hydrogen) atoms. The van der Waals surface area contributed by atoms with Crippen LogP contribution in [0.2, 0.25) is 0 Å². The summed E-state index contributed by atoms with van der Waals surface area (Å²) in [6, 6.07) is 2.04. The van der Waals surface area contributed by atoms with Crippen LogP contribution >= 0.6 is 10.0 Å². The molecule has 0 radical (unpaired) electrons. The van der Waals surface area contributed by atoms with E-state index in [4.69, 9.17) is 4.74 Å². The van der Waals surface area contributed by atoms with E-state index < -0.39 is 10.0 Å². The zero-order chi connectivity index (χ0) is 15.2. The van der Waals surface area contributed by atoms with Crippen molar-refractivity contribution in [3.8, 4) is 0 Å². The molecule has 0 bridgehead atoms. The van der Waals surface area contributed by atoms with Gasteiger partial charge in [-0.3, -0.25) is 0 Å². The fourth-order valence-electron chi connectivity index (χ4n) is 1.71. The van der Waals surface area contributed by atoms with Crippen LogP contribution in [0.3, 0.4) is 0 Å². The topological polar surface area (TPSA) is 39.9 Å². The monoisotopic (exact) mass is 297 g/mol. The molecule has 0 N–H and O–H groups in total. The van der Waals surface area contributed by atoms with Crippen molar-refractivity contribution in [2.24, 2.45) is 0 Å². The maximum atomic E-state index is 5.73. The van der Waals surface area contributed by atoms with E-state index in [1.165, 1.54) is 0 Å². The Morgan fingerprint density at radius 2 is 1.90 bits per heavy atom. The molecule has 0 aliphatic heterocycles. The summed E-state index contributed by atoms with van der Waals surface area (Å²) in [5.41, 5.74) is 1.96. The summed E-state index contributed by atoms with van der Waals surface area (Å²) >= 11 is 0. The summed E-state index contributed by atoms with van der Waals surface area (Å²) in [7, 11) is -0.474. The molecule has 2 aromatic rings. The van der Waals surface area contributed by atoms with Crippen LogP contribution in [0.15, 0.2) is 18.6 Å². The summed E-state index contributed by atoms with van der Waals surface area (Å²) in [4.78, 5) is 8.49.